The van der Waals surface area contributed by atoms with Gasteiger partial charge in [0.05, 0.1) is 0 Å². The average Bonchev–Trinajstić information content (AvgIpc) is 2.78. The Balaban J connectivity index is 1.78. The summed E-state index contributed by atoms with van der Waals surface area (Å²) >= 11 is 0. The average molecular weight is 151 g/mol. The third-order valence-corrected chi connectivity index (χ3v) is 4.31. The lowest BCUT2D eigenvalue weighted by Crippen LogP contribution is -2.25. The van der Waals surface area contributed by atoms with Crippen LogP contribution in [0.2, 0.25) is 0 Å². The first-order valence-electron chi connectivity index (χ1n) is 5.08. The third kappa shape index (κ3) is 0.807. The molecule has 0 heterocycles. The molecule has 3 aliphatic carbocycles. The van der Waals surface area contributed by atoms with E-state index in [1.54, 1.807) is 12.8 Å². The number of rotatable bonds is 1. The quantitative estimate of drug-likeness (QED) is 0.605. The van der Waals surface area contributed by atoms with Gasteiger partial charge in [0.2, 0.25) is 0 Å². The number of hydrogen-bond acceptors (Lipinski definition) is 1. The van der Waals surface area contributed by atoms with Crippen molar-refractivity contribution in [3.05, 3.63) is 0 Å². The van der Waals surface area contributed by atoms with Gasteiger partial charge in [-0.15, -0.1) is 0 Å². The van der Waals surface area contributed by atoms with Crippen LogP contribution in [0, 0.1) is 29.6 Å². The molecule has 0 radical (unpaired) electrons. The van der Waals surface area contributed by atoms with Crippen molar-refractivity contribution in [2.75, 3.05) is 6.54 Å². The van der Waals surface area contributed by atoms with E-state index in [2.05, 4.69) is 0 Å². The van der Waals surface area contributed by atoms with Crippen LogP contribution in [0.1, 0.15) is 25.7 Å². The molecule has 1 heteroatoms. The van der Waals surface area contributed by atoms with Gasteiger partial charge in [-0.05, 0) is 61.8 Å². The fourth-order valence-electron chi connectivity index (χ4n) is 3.75. The second kappa shape index (κ2) is 2.01. The molecule has 11 heavy (non-hydrogen) atoms. The van der Waals surface area contributed by atoms with Gasteiger partial charge in [-0.1, -0.05) is 0 Å². The minimum absolute atomic E-state index is 0.895. The maximum absolute atomic E-state index is 5.72. The molecule has 0 spiro atoms. The standard InChI is InChI=1S/C10H17N/c11-5-6-1-7-3-8(2-6)10-4-9(7)10/h6-10H,1-5,11H2/t6?,7?,8?,9-,10+. The number of hydrogen-bond donors (Lipinski definition) is 1. The van der Waals surface area contributed by atoms with Gasteiger partial charge in [0.25, 0.3) is 0 Å². The zero-order valence-corrected chi connectivity index (χ0v) is 7.00. The monoisotopic (exact) mass is 151 g/mol. The maximum atomic E-state index is 5.72. The van der Waals surface area contributed by atoms with Gasteiger partial charge in [0.1, 0.15) is 0 Å². The molecule has 2 bridgehead atoms. The topological polar surface area (TPSA) is 26.0 Å². The minimum Gasteiger partial charge on any atom is -0.330 e. The third-order valence-electron chi connectivity index (χ3n) is 4.31. The van der Waals surface area contributed by atoms with E-state index in [9.17, 15) is 0 Å². The van der Waals surface area contributed by atoms with Crippen molar-refractivity contribution in [2.45, 2.75) is 25.7 Å². The second-order valence-corrected chi connectivity index (χ2v) is 4.89. The van der Waals surface area contributed by atoms with Crippen LogP contribution < -0.4 is 5.73 Å². The highest BCUT2D eigenvalue weighted by molar-refractivity contribution is 5.05. The fourth-order valence-corrected chi connectivity index (χ4v) is 3.75. The van der Waals surface area contributed by atoms with Crippen molar-refractivity contribution in [1.82, 2.24) is 0 Å². The normalized spacial score (nSPS) is 59.2. The number of nitrogens with two attached hydrogens (primary N) is 1. The summed E-state index contributed by atoms with van der Waals surface area (Å²) in [5.74, 6) is 5.43. The molecule has 3 rings (SSSR count). The molecule has 0 aromatic heterocycles. The lowest BCUT2D eigenvalue weighted by atomic mass is 9.77. The molecule has 5 atom stereocenters. The number of fused-ring (bicyclic) bond motifs is 5. The van der Waals surface area contributed by atoms with Gasteiger partial charge >= 0.3 is 0 Å². The van der Waals surface area contributed by atoms with Crippen molar-refractivity contribution in [3.8, 4) is 0 Å². The van der Waals surface area contributed by atoms with E-state index >= 15 is 0 Å². The minimum atomic E-state index is 0.895. The van der Waals surface area contributed by atoms with Crippen LogP contribution in [0.3, 0.4) is 0 Å². The van der Waals surface area contributed by atoms with Gasteiger partial charge in [-0.25, -0.2) is 0 Å². The highest BCUT2D eigenvalue weighted by Crippen LogP contribution is 2.64. The second-order valence-electron chi connectivity index (χ2n) is 4.89. The zero-order chi connectivity index (χ0) is 7.42. The lowest BCUT2D eigenvalue weighted by molar-refractivity contribution is 0.227. The fraction of sp³-hybridized carbons (Fsp3) is 1.00. The van der Waals surface area contributed by atoms with Crippen LogP contribution >= 0.6 is 0 Å². The predicted molar refractivity (Wildman–Crippen MR) is 45.0 cm³/mol. The Morgan fingerprint density at radius 1 is 0.909 bits per heavy atom. The molecule has 3 saturated carbocycles. The van der Waals surface area contributed by atoms with E-state index in [-0.39, 0.29) is 0 Å². The van der Waals surface area contributed by atoms with Crippen LogP contribution in [-0.2, 0) is 0 Å². The Labute approximate surface area is 68.3 Å². The Bertz CT molecular complexity index is 162. The maximum Gasteiger partial charge on any atom is -0.00487 e. The molecule has 0 aliphatic heterocycles. The molecule has 1 nitrogen and oxygen atoms in total. The van der Waals surface area contributed by atoms with Gasteiger partial charge < -0.3 is 5.73 Å². The van der Waals surface area contributed by atoms with Crippen LogP contribution in [0.25, 0.3) is 0 Å². The van der Waals surface area contributed by atoms with E-state index in [1.165, 1.54) is 12.8 Å². The zero-order valence-electron chi connectivity index (χ0n) is 7.00. The molecule has 3 fully saturated rings. The molecule has 0 aromatic rings. The Morgan fingerprint density at radius 2 is 1.55 bits per heavy atom. The van der Waals surface area contributed by atoms with Crippen LogP contribution in [0.15, 0.2) is 0 Å². The Kier molecular flexibility index (Phi) is 1.18. The summed E-state index contributed by atoms with van der Waals surface area (Å²) in [7, 11) is 0. The highest BCUT2D eigenvalue weighted by Gasteiger charge is 2.56. The van der Waals surface area contributed by atoms with Gasteiger partial charge in [0.15, 0.2) is 0 Å². The summed E-state index contributed by atoms with van der Waals surface area (Å²) < 4.78 is 0. The van der Waals surface area contributed by atoms with Gasteiger partial charge in [-0.2, -0.15) is 0 Å². The predicted octanol–water partition coefficient (Wildman–Crippen LogP) is 1.63. The van der Waals surface area contributed by atoms with Crippen molar-refractivity contribution < 1.29 is 0 Å². The molecule has 62 valence electrons. The summed E-state index contributed by atoms with van der Waals surface area (Å²) in [6.45, 7) is 0.951. The van der Waals surface area contributed by atoms with Crippen molar-refractivity contribution in [3.63, 3.8) is 0 Å². The van der Waals surface area contributed by atoms with Gasteiger partial charge in [0, 0.05) is 0 Å². The first-order chi connectivity index (χ1) is 5.38. The van der Waals surface area contributed by atoms with E-state index in [4.69, 9.17) is 5.73 Å². The molecular weight excluding hydrogens is 134 g/mol. The smallest absolute Gasteiger partial charge is 0.00487 e. The first kappa shape index (κ1) is 6.47. The first-order valence-corrected chi connectivity index (χ1v) is 5.08. The van der Waals surface area contributed by atoms with Crippen LogP contribution in [0.5, 0.6) is 0 Å². The van der Waals surface area contributed by atoms with Crippen molar-refractivity contribution in [1.29, 1.82) is 0 Å². The summed E-state index contributed by atoms with van der Waals surface area (Å²) in [6.07, 6.45) is 6.07. The SMILES string of the molecule is NCC1CC2CC(C1)[C@@H]1C[C@H]21. The van der Waals surface area contributed by atoms with E-state index in [0.29, 0.717) is 0 Å². The van der Waals surface area contributed by atoms with Gasteiger partial charge in [-0.3, -0.25) is 0 Å². The van der Waals surface area contributed by atoms with E-state index < -0.39 is 0 Å². The summed E-state index contributed by atoms with van der Waals surface area (Å²) in [6, 6.07) is 0. The van der Waals surface area contributed by atoms with Crippen molar-refractivity contribution >= 4 is 0 Å². The molecule has 0 aromatic carbocycles. The molecule has 3 unspecified atom stereocenters. The lowest BCUT2D eigenvalue weighted by Gasteiger charge is -2.29. The summed E-state index contributed by atoms with van der Waals surface area (Å²) in [4.78, 5) is 0. The van der Waals surface area contributed by atoms with Crippen LogP contribution in [-0.4, -0.2) is 6.54 Å². The molecule has 3 aliphatic rings. The largest absolute Gasteiger partial charge is 0.330 e. The molecule has 2 N–H and O–H groups in total. The molecule has 0 amide bonds. The van der Waals surface area contributed by atoms with Crippen molar-refractivity contribution in [2.24, 2.45) is 35.3 Å². The highest BCUT2D eigenvalue weighted by atomic mass is 14.6. The molecular formula is C10H17N. The van der Waals surface area contributed by atoms with E-state index in [0.717, 1.165) is 36.1 Å². The van der Waals surface area contributed by atoms with E-state index in [1.807, 2.05) is 0 Å². The van der Waals surface area contributed by atoms with Crippen LogP contribution in [0.4, 0.5) is 0 Å². The summed E-state index contributed by atoms with van der Waals surface area (Å²) in [5, 5.41) is 0. The Hall–Kier alpha value is -0.0400. The molecule has 0 saturated heterocycles. The Morgan fingerprint density at radius 3 is 2.09 bits per heavy atom. The summed E-state index contributed by atoms with van der Waals surface area (Å²) in [5.41, 5.74) is 5.72.